The zero-order valence-electron chi connectivity index (χ0n) is 11.0. The summed E-state index contributed by atoms with van der Waals surface area (Å²) in [4.78, 5) is 10.7. The van der Waals surface area contributed by atoms with Gasteiger partial charge in [0.05, 0.1) is 6.04 Å². The van der Waals surface area contributed by atoms with Crippen molar-refractivity contribution in [1.29, 1.82) is 0 Å². The SMILES string of the molecule is Cc1ccc(CNC(C)c2ccc(C(=O)O)o2)cc1. The lowest BCUT2D eigenvalue weighted by Gasteiger charge is -2.11. The van der Waals surface area contributed by atoms with Crippen LogP contribution in [0.2, 0.25) is 0 Å². The normalized spacial score (nSPS) is 12.3. The van der Waals surface area contributed by atoms with Crippen LogP contribution in [0.25, 0.3) is 0 Å². The van der Waals surface area contributed by atoms with Crippen molar-refractivity contribution in [2.75, 3.05) is 0 Å². The Hall–Kier alpha value is -2.07. The summed E-state index contributed by atoms with van der Waals surface area (Å²) in [6.45, 7) is 4.71. The van der Waals surface area contributed by atoms with E-state index in [-0.39, 0.29) is 11.8 Å². The lowest BCUT2D eigenvalue weighted by Crippen LogP contribution is -2.17. The van der Waals surface area contributed by atoms with E-state index < -0.39 is 5.97 Å². The Bertz CT molecular complexity index is 557. The molecule has 1 heterocycles. The van der Waals surface area contributed by atoms with Crippen LogP contribution in [-0.2, 0) is 6.54 Å². The highest BCUT2D eigenvalue weighted by atomic mass is 16.4. The Kier molecular flexibility index (Phi) is 4.02. The van der Waals surface area contributed by atoms with Gasteiger partial charge in [0, 0.05) is 6.54 Å². The molecular weight excluding hydrogens is 242 g/mol. The topological polar surface area (TPSA) is 62.5 Å². The van der Waals surface area contributed by atoms with Gasteiger partial charge in [0.15, 0.2) is 0 Å². The number of furan rings is 1. The van der Waals surface area contributed by atoms with Gasteiger partial charge < -0.3 is 14.8 Å². The third kappa shape index (κ3) is 3.45. The molecule has 4 heteroatoms. The molecule has 0 radical (unpaired) electrons. The fourth-order valence-corrected chi connectivity index (χ4v) is 1.78. The maximum absolute atomic E-state index is 10.7. The maximum atomic E-state index is 10.7. The Balaban J connectivity index is 1.95. The average molecular weight is 259 g/mol. The molecule has 0 amide bonds. The fraction of sp³-hybridized carbons (Fsp3) is 0.267. The highest BCUT2D eigenvalue weighted by Crippen LogP contribution is 2.17. The van der Waals surface area contributed by atoms with Gasteiger partial charge in [-0.05, 0) is 31.5 Å². The molecule has 100 valence electrons. The molecule has 1 aromatic heterocycles. The predicted molar refractivity (Wildman–Crippen MR) is 72.1 cm³/mol. The minimum atomic E-state index is -1.04. The first-order valence-electron chi connectivity index (χ1n) is 6.18. The molecular formula is C15H17NO3. The van der Waals surface area contributed by atoms with Crippen LogP contribution in [0.5, 0.6) is 0 Å². The van der Waals surface area contributed by atoms with E-state index in [4.69, 9.17) is 9.52 Å². The molecule has 0 aliphatic heterocycles. The van der Waals surface area contributed by atoms with Gasteiger partial charge in [-0.15, -0.1) is 0 Å². The number of benzene rings is 1. The predicted octanol–water partition coefficient (Wildman–Crippen LogP) is 3.14. The maximum Gasteiger partial charge on any atom is 0.371 e. The van der Waals surface area contributed by atoms with Crippen molar-refractivity contribution in [1.82, 2.24) is 5.32 Å². The molecule has 2 aromatic rings. The summed E-state index contributed by atoms with van der Waals surface area (Å²) >= 11 is 0. The van der Waals surface area contributed by atoms with Gasteiger partial charge in [0.25, 0.3) is 0 Å². The summed E-state index contributed by atoms with van der Waals surface area (Å²) in [5.41, 5.74) is 2.41. The number of carbonyl (C=O) groups is 1. The second kappa shape index (κ2) is 5.71. The molecule has 2 rings (SSSR count). The summed E-state index contributed by atoms with van der Waals surface area (Å²) in [6.07, 6.45) is 0. The fourth-order valence-electron chi connectivity index (χ4n) is 1.78. The molecule has 1 atom stereocenters. The van der Waals surface area contributed by atoms with Crippen LogP contribution >= 0.6 is 0 Å². The first kappa shape index (κ1) is 13.4. The number of aromatic carboxylic acids is 1. The quantitative estimate of drug-likeness (QED) is 0.866. The molecule has 0 saturated carbocycles. The summed E-state index contributed by atoms with van der Waals surface area (Å²) in [5, 5.41) is 12.1. The highest BCUT2D eigenvalue weighted by Gasteiger charge is 2.13. The van der Waals surface area contributed by atoms with Gasteiger partial charge in [-0.25, -0.2) is 4.79 Å². The molecule has 19 heavy (non-hydrogen) atoms. The molecule has 0 fully saturated rings. The second-order valence-electron chi connectivity index (χ2n) is 4.60. The van der Waals surface area contributed by atoms with Gasteiger partial charge in [0.1, 0.15) is 5.76 Å². The van der Waals surface area contributed by atoms with Crippen molar-refractivity contribution in [2.24, 2.45) is 0 Å². The molecule has 1 unspecified atom stereocenters. The van der Waals surface area contributed by atoms with E-state index in [1.165, 1.54) is 17.2 Å². The molecule has 1 aromatic carbocycles. The molecule has 0 aliphatic rings. The number of aryl methyl sites for hydroxylation is 1. The van der Waals surface area contributed by atoms with Crippen LogP contribution in [0.4, 0.5) is 0 Å². The summed E-state index contributed by atoms with van der Waals surface area (Å²) in [5.74, 6) is -0.444. The van der Waals surface area contributed by atoms with Crippen molar-refractivity contribution in [3.8, 4) is 0 Å². The summed E-state index contributed by atoms with van der Waals surface area (Å²) in [7, 11) is 0. The van der Waals surface area contributed by atoms with Crippen LogP contribution < -0.4 is 5.32 Å². The first-order valence-corrected chi connectivity index (χ1v) is 6.18. The zero-order chi connectivity index (χ0) is 13.8. The van der Waals surface area contributed by atoms with Gasteiger partial charge >= 0.3 is 5.97 Å². The minimum absolute atomic E-state index is 0.0287. The number of hydrogen-bond acceptors (Lipinski definition) is 3. The van der Waals surface area contributed by atoms with Gasteiger partial charge in [-0.2, -0.15) is 0 Å². The van der Waals surface area contributed by atoms with Gasteiger partial charge in [-0.1, -0.05) is 29.8 Å². The highest BCUT2D eigenvalue weighted by molar-refractivity contribution is 5.84. The van der Waals surface area contributed by atoms with E-state index >= 15 is 0 Å². The minimum Gasteiger partial charge on any atom is -0.475 e. The summed E-state index contributed by atoms with van der Waals surface area (Å²) in [6, 6.07) is 11.4. The third-order valence-corrected chi connectivity index (χ3v) is 3.00. The number of nitrogens with one attached hydrogen (secondary N) is 1. The van der Waals surface area contributed by atoms with Crippen LogP contribution in [0.1, 0.15) is 40.4 Å². The standard InChI is InChI=1S/C15H17NO3/c1-10-3-5-12(6-4-10)9-16-11(2)13-7-8-14(19-13)15(17)18/h3-8,11,16H,9H2,1-2H3,(H,17,18). The van der Waals surface area contributed by atoms with Gasteiger partial charge in [0.2, 0.25) is 5.76 Å². The zero-order valence-corrected chi connectivity index (χ0v) is 11.0. The van der Waals surface area contributed by atoms with Crippen LogP contribution in [0, 0.1) is 6.92 Å². The van der Waals surface area contributed by atoms with Crippen molar-refractivity contribution < 1.29 is 14.3 Å². The second-order valence-corrected chi connectivity index (χ2v) is 4.60. The van der Waals surface area contributed by atoms with E-state index in [9.17, 15) is 4.79 Å². The van der Waals surface area contributed by atoms with Crippen LogP contribution in [-0.4, -0.2) is 11.1 Å². The number of carboxylic acids is 1. The lowest BCUT2D eigenvalue weighted by atomic mass is 10.1. The van der Waals surface area contributed by atoms with Crippen molar-refractivity contribution in [3.05, 3.63) is 59.0 Å². The van der Waals surface area contributed by atoms with E-state index in [2.05, 4.69) is 36.5 Å². The number of hydrogen-bond donors (Lipinski definition) is 2. The monoisotopic (exact) mass is 259 g/mol. The number of rotatable bonds is 5. The Labute approximate surface area is 112 Å². The van der Waals surface area contributed by atoms with E-state index in [1.54, 1.807) is 6.07 Å². The van der Waals surface area contributed by atoms with Gasteiger partial charge in [-0.3, -0.25) is 0 Å². The molecule has 4 nitrogen and oxygen atoms in total. The molecule has 2 N–H and O–H groups in total. The largest absolute Gasteiger partial charge is 0.475 e. The Morgan fingerprint density at radius 1 is 1.26 bits per heavy atom. The van der Waals surface area contributed by atoms with Crippen molar-refractivity contribution in [2.45, 2.75) is 26.4 Å². The van der Waals surface area contributed by atoms with Crippen LogP contribution in [0.3, 0.4) is 0 Å². The van der Waals surface area contributed by atoms with E-state index in [0.29, 0.717) is 12.3 Å². The summed E-state index contributed by atoms with van der Waals surface area (Å²) < 4.78 is 5.25. The van der Waals surface area contributed by atoms with Crippen molar-refractivity contribution >= 4 is 5.97 Å². The molecule has 0 aliphatic carbocycles. The van der Waals surface area contributed by atoms with Crippen molar-refractivity contribution in [3.63, 3.8) is 0 Å². The van der Waals surface area contributed by atoms with E-state index in [1.807, 2.05) is 6.92 Å². The average Bonchev–Trinajstić information content (AvgIpc) is 2.87. The molecule has 0 spiro atoms. The third-order valence-electron chi connectivity index (χ3n) is 3.00. The van der Waals surface area contributed by atoms with Crippen LogP contribution in [0.15, 0.2) is 40.8 Å². The Morgan fingerprint density at radius 3 is 2.53 bits per heavy atom. The van der Waals surface area contributed by atoms with E-state index in [0.717, 1.165) is 0 Å². The number of carboxylic acid groups (broad SMARTS) is 1. The Morgan fingerprint density at radius 2 is 1.95 bits per heavy atom. The first-order chi connectivity index (χ1) is 9.06. The smallest absolute Gasteiger partial charge is 0.371 e. The lowest BCUT2D eigenvalue weighted by molar-refractivity contribution is 0.0659. The molecule has 0 bridgehead atoms. The molecule has 0 saturated heterocycles.